The number of hydrogen-bond acceptors (Lipinski definition) is 4. The maximum Gasteiger partial charge on any atom is 0.315 e. The number of amides is 2. The Morgan fingerprint density at radius 1 is 1.43 bits per heavy atom. The van der Waals surface area contributed by atoms with Crippen LogP contribution in [0.25, 0.3) is 0 Å². The predicted molar refractivity (Wildman–Crippen MR) is 83.3 cm³/mol. The van der Waals surface area contributed by atoms with Crippen LogP contribution in [0.4, 0.5) is 4.79 Å². The molecule has 2 rings (SSSR count). The summed E-state index contributed by atoms with van der Waals surface area (Å²) >= 11 is 1.56. The normalized spacial score (nSPS) is 12.1. The van der Waals surface area contributed by atoms with Crippen LogP contribution in [-0.2, 0) is 6.54 Å². The fourth-order valence-corrected chi connectivity index (χ4v) is 2.82. The van der Waals surface area contributed by atoms with Crippen molar-refractivity contribution in [2.45, 2.75) is 39.3 Å². The molecule has 6 nitrogen and oxygen atoms in total. The van der Waals surface area contributed by atoms with Crippen molar-refractivity contribution in [1.82, 2.24) is 25.2 Å². The van der Waals surface area contributed by atoms with Gasteiger partial charge in [-0.15, -0.1) is 11.3 Å². The van der Waals surface area contributed by atoms with Crippen LogP contribution in [-0.4, -0.2) is 27.1 Å². The third-order valence-corrected chi connectivity index (χ3v) is 4.14. The molecule has 0 aliphatic carbocycles. The van der Waals surface area contributed by atoms with Gasteiger partial charge >= 0.3 is 6.03 Å². The summed E-state index contributed by atoms with van der Waals surface area (Å²) in [6.45, 7) is 5.50. The van der Waals surface area contributed by atoms with Gasteiger partial charge in [0.1, 0.15) is 10.8 Å². The number of hydrogen-bond donors (Lipinski definition) is 2. The number of aryl methyl sites for hydroxylation is 2. The largest absolute Gasteiger partial charge is 0.338 e. The van der Waals surface area contributed by atoms with Crippen molar-refractivity contribution in [2.75, 3.05) is 6.54 Å². The Balaban J connectivity index is 1.68. The highest BCUT2D eigenvalue weighted by atomic mass is 32.1. The summed E-state index contributed by atoms with van der Waals surface area (Å²) in [5.74, 6) is 0.995. The fourth-order valence-electron chi connectivity index (χ4n) is 2.05. The highest BCUT2D eigenvalue weighted by molar-refractivity contribution is 7.09. The van der Waals surface area contributed by atoms with E-state index in [1.807, 2.05) is 25.4 Å². The third-order valence-electron chi connectivity index (χ3n) is 3.25. The minimum absolute atomic E-state index is 0.0131. The molecular formula is C14H21N5OS. The van der Waals surface area contributed by atoms with Gasteiger partial charge in [0.25, 0.3) is 0 Å². The van der Waals surface area contributed by atoms with Crippen LogP contribution in [0, 0.1) is 6.92 Å². The van der Waals surface area contributed by atoms with Gasteiger partial charge < -0.3 is 15.2 Å². The first-order valence-corrected chi connectivity index (χ1v) is 8.00. The number of nitrogens with one attached hydrogen (secondary N) is 2. The maximum absolute atomic E-state index is 11.9. The number of imidazole rings is 1. The molecule has 0 fully saturated rings. The summed E-state index contributed by atoms with van der Waals surface area (Å²) in [5, 5.41) is 8.70. The second kappa shape index (κ2) is 7.78. The summed E-state index contributed by atoms with van der Waals surface area (Å²) in [4.78, 5) is 20.3. The van der Waals surface area contributed by atoms with E-state index < -0.39 is 0 Å². The molecule has 2 heterocycles. The van der Waals surface area contributed by atoms with Gasteiger partial charge in [-0.1, -0.05) is 6.92 Å². The standard InChI is InChI=1S/C14H21N5OS/c1-3-12(13-16-7-10-21-13)18-14(20)17-5-4-8-19-9-6-15-11(19)2/h6-7,9-10,12H,3-5,8H2,1-2H3,(H2,17,18,20)/t12-/m0/s1. The third kappa shape index (κ3) is 4.56. The van der Waals surface area contributed by atoms with Crippen molar-refractivity contribution in [3.63, 3.8) is 0 Å². The van der Waals surface area contributed by atoms with Gasteiger partial charge in [0.15, 0.2) is 0 Å². The molecule has 0 spiro atoms. The minimum Gasteiger partial charge on any atom is -0.338 e. The zero-order valence-electron chi connectivity index (χ0n) is 12.4. The minimum atomic E-state index is -0.139. The van der Waals surface area contributed by atoms with Gasteiger partial charge in [-0.2, -0.15) is 0 Å². The van der Waals surface area contributed by atoms with Crippen LogP contribution < -0.4 is 10.6 Å². The fraction of sp³-hybridized carbons (Fsp3) is 0.500. The summed E-state index contributed by atoms with van der Waals surface area (Å²) in [7, 11) is 0. The van der Waals surface area contributed by atoms with Gasteiger partial charge in [0.05, 0.1) is 6.04 Å². The van der Waals surface area contributed by atoms with Gasteiger partial charge in [-0.05, 0) is 19.8 Å². The topological polar surface area (TPSA) is 71.8 Å². The van der Waals surface area contributed by atoms with E-state index in [9.17, 15) is 4.79 Å². The first kappa shape index (κ1) is 15.5. The number of nitrogens with zero attached hydrogens (tertiary/aromatic N) is 3. The quantitative estimate of drug-likeness (QED) is 0.772. The summed E-state index contributed by atoms with van der Waals surface area (Å²) in [6.07, 6.45) is 7.20. The molecule has 114 valence electrons. The first-order chi connectivity index (χ1) is 10.2. The summed E-state index contributed by atoms with van der Waals surface area (Å²) < 4.78 is 2.07. The van der Waals surface area contributed by atoms with Crippen LogP contribution in [0.5, 0.6) is 0 Å². The van der Waals surface area contributed by atoms with E-state index in [2.05, 4.69) is 25.2 Å². The molecule has 2 amide bonds. The Bertz CT molecular complexity index is 551. The monoisotopic (exact) mass is 307 g/mol. The number of thiazole rings is 1. The van der Waals surface area contributed by atoms with E-state index >= 15 is 0 Å². The lowest BCUT2D eigenvalue weighted by Crippen LogP contribution is -2.38. The zero-order chi connectivity index (χ0) is 15.1. The number of rotatable bonds is 7. The van der Waals surface area contributed by atoms with Crippen molar-refractivity contribution in [1.29, 1.82) is 0 Å². The van der Waals surface area contributed by atoms with E-state index in [0.29, 0.717) is 6.54 Å². The smallest absolute Gasteiger partial charge is 0.315 e. The molecule has 2 aromatic rings. The molecule has 7 heteroatoms. The number of aromatic nitrogens is 3. The van der Waals surface area contributed by atoms with Crippen molar-refractivity contribution < 1.29 is 4.79 Å². The molecule has 2 N–H and O–H groups in total. The molecule has 1 atom stereocenters. The van der Waals surface area contributed by atoms with Gasteiger partial charge in [0, 0.05) is 37.1 Å². The summed E-state index contributed by atoms with van der Waals surface area (Å²) in [5.41, 5.74) is 0. The van der Waals surface area contributed by atoms with Crippen LogP contribution in [0.3, 0.4) is 0 Å². The van der Waals surface area contributed by atoms with Crippen LogP contribution in [0.1, 0.15) is 36.6 Å². The van der Waals surface area contributed by atoms with Gasteiger partial charge in [-0.3, -0.25) is 0 Å². The maximum atomic E-state index is 11.9. The lowest BCUT2D eigenvalue weighted by Gasteiger charge is -2.15. The number of urea groups is 1. The molecule has 0 aromatic carbocycles. The predicted octanol–water partition coefficient (Wildman–Crippen LogP) is 2.49. The molecule has 0 aliphatic heterocycles. The van der Waals surface area contributed by atoms with Crippen molar-refractivity contribution in [3.05, 3.63) is 34.8 Å². The molecule has 2 aromatic heterocycles. The van der Waals surface area contributed by atoms with E-state index in [1.54, 1.807) is 23.7 Å². The Hall–Kier alpha value is -1.89. The number of carbonyl (C=O) groups is 1. The highest BCUT2D eigenvalue weighted by Crippen LogP contribution is 2.18. The van der Waals surface area contributed by atoms with Crippen molar-refractivity contribution in [2.24, 2.45) is 0 Å². The molecule has 0 saturated carbocycles. The average Bonchev–Trinajstić information content (AvgIpc) is 3.13. The first-order valence-electron chi connectivity index (χ1n) is 7.12. The number of carbonyl (C=O) groups excluding carboxylic acids is 1. The average molecular weight is 307 g/mol. The van der Waals surface area contributed by atoms with E-state index in [4.69, 9.17) is 0 Å². The molecular weight excluding hydrogens is 286 g/mol. The Morgan fingerprint density at radius 2 is 2.29 bits per heavy atom. The van der Waals surface area contributed by atoms with Crippen LogP contribution in [0.2, 0.25) is 0 Å². The van der Waals surface area contributed by atoms with Crippen LogP contribution >= 0.6 is 11.3 Å². The van der Waals surface area contributed by atoms with Gasteiger partial charge in [0.2, 0.25) is 0 Å². The summed E-state index contributed by atoms with van der Waals surface area (Å²) in [6, 6.07) is -0.153. The van der Waals surface area contributed by atoms with Crippen molar-refractivity contribution in [3.8, 4) is 0 Å². The lowest BCUT2D eigenvalue weighted by molar-refractivity contribution is 0.236. The van der Waals surface area contributed by atoms with E-state index in [-0.39, 0.29) is 12.1 Å². The zero-order valence-corrected chi connectivity index (χ0v) is 13.2. The van der Waals surface area contributed by atoms with E-state index in [0.717, 1.165) is 30.2 Å². The molecule has 0 unspecified atom stereocenters. The molecule has 0 saturated heterocycles. The van der Waals surface area contributed by atoms with Crippen molar-refractivity contribution >= 4 is 17.4 Å². The molecule has 0 bridgehead atoms. The van der Waals surface area contributed by atoms with E-state index in [1.165, 1.54) is 0 Å². The lowest BCUT2D eigenvalue weighted by atomic mass is 10.2. The second-order valence-corrected chi connectivity index (χ2v) is 5.68. The Kier molecular flexibility index (Phi) is 5.74. The molecule has 21 heavy (non-hydrogen) atoms. The van der Waals surface area contributed by atoms with Gasteiger partial charge in [-0.25, -0.2) is 14.8 Å². The molecule has 0 radical (unpaired) electrons. The Labute approximate surface area is 128 Å². The van der Waals surface area contributed by atoms with Crippen LogP contribution in [0.15, 0.2) is 24.0 Å². The Morgan fingerprint density at radius 3 is 2.90 bits per heavy atom. The second-order valence-electron chi connectivity index (χ2n) is 4.75. The molecule has 0 aliphatic rings. The highest BCUT2D eigenvalue weighted by Gasteiger charge is 2.14. The SMILES string of the molecule is CC[C@H](NC(=O)NCCCn1ccnc1C)c1nccs1.